The minimum atomic E-state index is 0.573. The van der Waals surface area contributed by atoms with Gasteiger partial charge in [0.2, 0.25) is 0 Å². The van der Waals surface area contributed by atoms with Crippen molar-refractivity contribution in [2.75, 3.05) is 0 Å². The molecule has 19 heavy (non-hydrogen) atoms. The largest absolute Gasteiger partial charge is 0.256 e. The van der Waals surface area contributed by atoms with Crippen LogP contribution in [0.4, 0.5) is 0 Å². The van der Waals surface area contributed by atoms with Crippen molar-refractivity contribution in [2.24, 2.45) is 0 Å². The monoisotopic (exact) mass is 245 g/mol. The van der Waals surface area contributed by atoms with Gasteiger partial charge in [-0.15, -0.1) is 0 Å². The van der Waals surface area contributed by atoms with E-state index in [1.54, 1.807) is 12.3 Å². The number of aromatic nitrogens is 2. The van der Waals surface area contributed by atoms with Gasteiger partial charge in [0, 0.05) is 22.8 Å². The van der Waals surface area contributed by atoms with Crippen molar-refractivity contribution >= 4 is 10.9 Å². The highest BCUT2D eigenvalue weighted by molar-refractivity contribution is 5.93. The Morgan fingerprint density at radius 3 is 2.74 bits per heavy atom. The Labute approximate surface area is 111 Å². The first kappa shape index (κ1) is 11.4. The second kappa shape index (κ2) is 4.51. The lowest BCUT2D eigenvalue weighted by Gasteiger charge is -2.07. The minimum absolute atomic E-state index is 0.573. The summed E-state index contributed by atoms with van der Waals surface area (Å²) in [5.41, 5.74) is 3.94. The van der Waals surface area contributed by atoms with E-state index in [-0.39, 0.29) is 0 Å². The minimum Gasteiger partial charge on any atom is -0.256 e. The summed E-state index contributed by atoms with van der Waals surface area (Å²) in [6, 6.07) is 15.7. The molecule has 3 aromatic rings. The van der Waals surface area contributed by atoms with E-state index < -0.39 is 0 Å². The molecular weight excluding hydrogens is 234 g/mol. The van der Waals surface area contributed by atoms with Crippen molar-refractivity contribution in [2.45, 2.75) is 6.92 Å². The smallest absolute Gasteiger partial charge is 0.101 e. The predicted octanol–water partition coefficient (Wildman–Crippen LogP) is 3.48. The second-order valence-electron chi connectivity index (χ2n) is 4.34. The summed E-state index contributed by atoms with van der Waals surface area (Å²) < 4.78 is 0. The zero-order valence-electron chi connectivity index (χ0n) is 10.5. The van der Waals surface area contributed by atoms with Crippen LogP contribution in [0.5, 0.6) is 0 Å². The van der Waals surface area contributed by atoms with Crippen LogP contribution < -0.4 is 0 Å². The van der Waals surface area contributed by atoms with Crippen LogP contribution in [0.2, 0.25) is 0 Å². The fourth-order valence-electron chi connectivity index (χ4n) is 2.15. The number of nitrogens with zero attached hydrogens (tertiary/aromatic N) is 3. The van der Waals surface area contributed by atoms with Gasteiger partial charge in [0.05, 0.1) is 16.8 Å². The molecule has 2 heterocycles. The molecule has 3 nitrogen and oxygen atoms in total. The van der Waals surface area contributed by atoms with Crippen LogP contribution in [0.1, 0.15) is 11.3 Å². The van der Waals surface area contributed by atoms with E-state index in [4.69, 9.17) is 0 Å². The van der Waals surface area contributed by atoms with Crippen molar-refractivity contribution in [3.8, 4) is 17.3 Å². The first-order chi connectivity index (χ1) is 9.29. The van der Waals surface area contributed by atoms with Gasteiger partial charge >= 0.3 is 0 Å². The van der Waals surface area contributed by atoms with Gasteiger partial charge in [0.15, 0.2) is 0 Å². The van der Waals surface area contributed by atoms with Crippen molar-refractivity contribution < 1.29 is 0 Å². The summed E-state index contributed by atoms with van der Waals surface area (Å²) in [6.07, 6.45) is 1.76. The lowest BCUT2D eigenvalue weighted by molar-refractivity contribution is 1.19. The highest BCUT2D eigenvalue weighted by Gasteiger charge is 2.11. The first-order valence-electron chi connectivity index (χ1n) is 6.01. The predicted molar refractivity (Wildman–Crippen MR) is 74.4 cm³/mol. The quantitative estimate of drug-likeness (QED) is 0.659. The highest BCUT2D eigenvalue weighted by Crippen LogP contribution is 2.28. The van der Waals surface area contributed by atoms with Crippen LogP contribution in [-0.4, -0.2) is 9.97 Å². The summed E-state index contributed by atoms with van der Waals surface area (Å²) in [5.74, 6) is 0. The number of aryl methyl sites for hydroxylation is 1. The Bertz CT molecular complexity index is 795. The molecule has 0 saturated carbocycles. The van der Waals surface area contributed by atoms with Crippen LogP contribution >= 0.6 is 0 Å². The first-order valence-corrected chi connectivity index (χ1v) is 6.01. The van der Waals surface area contributed by atoms with E-state index in [1.165, 1.54) is 0 Å². The van der Waals surface area contributed by atoms with Gasteiger partial charge in [-0.3, -0.25) is 9.97 Å². The van der Waals surface area contributed by atoms with E-state index in [2.05, 4.69) is 16.0 Å². The van der Waals surface area contributed by atoms with Gasteiger partial charge in [-0.1, -0.05) is 24.3 Å². The molecule has 0 aliphatic rings. The van der Waals surface area contributed by atoms with Crippen LogP contribution in [0, 0.1) is 18.3 Å². The van der Waals surface area contributed by atoms with Crippen molar-refractivity contribution in [3.05, 3.63) is 59.9 Å². The maximum atomic E-state index is 9.23. The van der Waals surface area contributed by atoms with E-state index >= 15 is 0 Å². The Hall–Kier alpha value is -2.73. The lowest BCUT2D eigenvalue weighted by atomic mass is 10.0. The number of pyridine rings is 2. The molecule has 0 amide bonds. The summed E-state index contributed by atoms with van der Waals surface area (Å²) >= 11 is 0. The number of hydrogen-bond donors (Lipinski definition) is 0. The summed E-state index contributed by atoms with van der Waals surface area (Å²) in [4.78, 5) is 8.92. The Morgan fingerprint density at radius 2 is 1.89 bits per heavy atom. The van der Waals surface area contributed by atoms with Gasteiger partial charge in [0.1, 0.15) is 6.07 Å². The molecule has 0 radical (unpaired) electrons. The number of para-hydroxylation sites is 1. The average Bonchev–Trinajstić information content (AvgIpc) is 2.46. The molecule has 0 aliphatic carbocycles. The Balaban J connectivity index is 2.37. The molecule has 0 bridgehead atoms. The van der Waals surface area contributed by atoms with Gasteiger partial charge in [-0.2, -0.15) is 5.26 Å². The molecule has 3 heteroatoms. The normalized spacial score (nSPS) is 10.3. The molecule has 0 atom stereocenters. The molecule has 90 valence electrons. The third kappa shape index (κ3) is 1.94. The summed E-state index contributed by atoms with van der Waals surface area (Å²) in [6.45, 7) is 1.92. The second-order valence-corrected chi connectivity index (χ2v) is 4.34. The molecule has 2 aromatic heterocycles. The number of hydrogen-bond acceptors (Lipinski definition) is 3. The standard InChI is InChI=1S/C16H11N3/c1-11-7-8-13(10-17)16(19-11)14-6-2-4-12-5-3-9-18-15(12)14/h2-9H,1H3. The molecule has 0 aliphatic heterocycles. The molecule has 0 fully saturated rings. The van der Waals surface area contributed by atoms with E-state index in [9.17, 15) is 5.26 Å². The molecule has 0 saturated heterocycles. The molecule has 0 unspecified atom stereocenters. The summed E-state index contributed by atoms with van der Waals surface area (Å²) in [5, 5.41) is 10.3. The zero-order chi connectivity index (χ0) is 13.2. The number of rotatable bonds is 1. The molecule has 0 spiro atoms. The fraction of sp³-hybridized carbons (Fsp3) is 0.0625. The van der Waals surface area contributed by atoms with Gasteiger partial charge in [-0.25, -0.2) is 0 Å². The summed E-state index contributed by atoms with van der Waals surface area (Å²) in [7, 11) is 0. The van der Waals surface area contributed by atoms with Gasteiger partial charge < -0.3 is 0 Å². The van der Waals surface area contributed by atoms with Crippen molar-refractivity contribution in [1.29, 1.82) is 5.26 Å². The van der Waals surface area contributed by atoms with Crippen LogP contribution in [0.15, 0.2) is 48.7 Å². The van der Waals surface area contributed by atoms with Crippen molar-refractivity contribution in [1.82, 2.24) is 9.97 Å². The third-order valence-electron chi connectivity index (χ3n) is 3.04. The molecule has 1 aromatic carbocycles. The van der Waals surface area contributed by atoms with Crippen LogP contribution in [-0.2, 0) is 0 Å². The maximum Gasteiger partial charge on any atom is 0.101 e. The van der Waals surface area contributed by atoms with Gasteiger partial charge in [0.25, 0.3) is 0 Å². The van der Waals surface area contributed by atoms with Crippen LogP contribution in [0.3, 0.4) is 0 Å². The molecular formula is C16H11N3. The van der Waals surface area contributed by atoms with Crippen LogP contribution in [0.25, 0.3) is 22.2 Å². The van der Waals surface area contributed by atoms with Crippen molar-refractivity contribution in [3.63, 3.8) is 0 Å². The molecule has 3 rings (SSSR count). The van der Waals surface area contributed by atoms with E-state index in [1.807, 2.05) is 43.3 Å². The average molecular weight is 245 g/mol. The zero-order valence-corrected chi connectivity index (χ0v) is 10.5. The molecule has 0 N–H and O–H groups in total. The third-order valence-corrected chi connectivity index (χ3v) is 3.04. The number of benzene rings is 1. The van der Waals surface area contributed by atoms with E-state index in [0.717, 1.165) is 22.2 Å². The SMILES string of the molecule is Cc1ccc(C#N)c(-c2cccc3cccnc23)n1. The van der Waals surface area contributed by atoms with E-state index in [0.29, 0.717) is 11.3 Å². The Kier molecular flexibility index (Phi) is 2.70. The number of nitriles is 1. The topological polar surface area (TPSA) is 49.6 Å². The number of fused-ring (bicyclic) bond motifs is 1. The maximum absolute atomic E-state index is 9.23. The lowest BCUT2D eigenvalue weighted by Crippen LogP contribution is -1.93. The Morgan fingerprint density at radius 1 is 1.05 bits per heavy atom. The van der Waals surface area contributed by atoms with Gasteiger partial charge in [-0.05, 0) is 25.1 Å². The highest BCUT2D eigenvalue weighted by atomic mass is 14.7. The fourth-order valence-corrected chi connectivity index (χ4v) is 2.15.